The molecule has 1 rings (SSSR count). The predicted molar refractivity (Wildman–Crippen MR) is 81.0 cm³/mol. The Kier molecular flexibility index (Phi) is 6.28. The van der Waals surface area contributed by atoms with Gasteiger partial charge in [-0.1, -0.05) is 12.2 Å². The monoisotopic (exact) mass is 342 g/mol. The molecule has 1 saturated heterocycles. The summed E-state index contributed by atoms with van der Waals surface area (Å²) in [4.78, 5) is 35.0. The Labute approximate surface area is 140 Å². The maximum absolute atomic E-state index is 11.7. The summed E-state index contributed by atoms with van der Waals surface area (Å²) in [5.41, 5.74) is -0.267. The summed E-state index contributed by atoms with van der Waals surface area (Å²) in [6.07, 6.45) is 2.74. The lowest BCUT2D eigenvalue weighted by molar-refractivity contribution is -0.265. The lowest BCUT2D eigenvalue weighted by Crippen LogP contribution is -2.41. The molecule has 1 heterocycles. The third-order valence-corrected chi connectivity index (χ3v) is 2.61. The van der Waals surface area contributed by atoms with Gasteiger partial charge in [0.05, 0.1) is 6.42 Å². The Balaban J connectivity index is 2.57. The van der Waals surface area contributed by atoms with Crippen LogP contribution in [0.4, 0.5) is 0 Å². The molecule has 1 fully saturated rings. The van der Waals surface area contributed by atoms with E-state index >= 15 is 0 Å². The lowest BCUT2D eigenvalue weighted by atomic mass is 10.2. The molecule has 0 aromatic carbocycles. The van der Waals surface area contributed by atoms with Crippen molar-refractivity contribution in [2.45, 2.75) is 58.9 Å². The molecule has 0 aliphatic carbocycles. The number of carbonyl (C=O) groups excluding carboxylic acids is 3. The summed E-state index contributed by atoms with van der Waals surface area (Å²) in [6, 6.07) is 0. The first kappa shape index (κ1) is 19.9. The van der Waals surface area contributed by atoms with Crippen LogP contribution in [0.5, 0.6) is 0 Å². The second kappa shape index (κ2) is 7.59. The maximum atomic E-state index is 11.7. The predicted octanol–water partition coefficient (Wildman–Crippen LogP) is 1.33. The van der Waals surface area contributed by atoms with Crippen LogP contribution in [0.15, 0.2) is 23.8 Å². The van der Waals surface area contributed by atoms with Gasteiger partial charge in [-0.3, -0.25) is 4.79 Å². The van der Waals surface area contributed by atoms with E-state index in [-0.39, 0.29) is 12.0 Å². The van der Waals surface area contributed by atoms with Crippen molar-refractivity contribution in [3.63, 3.8) is 0 Å². The van der Waals surface area contributed by atoms with Crippen LogP contribution in [-0.4, -0.2) is 40.9 Å². The molecule has 0 bridgehead atoms. The number of aliphatic hydroxyl groups is 1. The van der Waals surface area contributed by atoms with Gasteiger partial charge in [0.15, 0.2) is 6.29 Å². The normalized spacial score (nSPS) is 18.8. The summed E-state index contributed by atoms with van der Waals surface area (Å²) in [5, 5.41) is 9.12. The standard InChI is InChI=1S/C16H22O8/c1-10(17)21-15(2,3)22-12(18)9-7-6-8-11-13(19)23-16(4,5)24-14(11)20/h6-8,10,17H,9H2,1-5H3/b7-6+. The lowest BCUT2D eigenvalue weighted by Gasteiger charge is -2.29. The van der Waals surface area contributed by atoms with Crippen LogP contribution >= 0.6 is 0 Å². The van der Waals surface area contributed by atoms with Crippen LogP contribution in [0, 0.1) is 0 Å². The summed E-state index contributed by atoms with van der Waals surface area (Å²) in [7, 11) is 0. The van der Waals surface area contributed by atoms with Crippen LogP contribution in [0.3, 0.4) is 0 Å². The molecular formula is C16H22O8. The van der Waals surface area contributed by atoms with Gasteiger partial charge in [0.2, 0.25) is 5.79 Å². The van der Waals surface area contributed by atoms with Crippen molar-refractivity contribution < 1.29 is 38.4 Å². The van der Waals surface area contributed by atoms with E-state index in [4.69, 9.17) is 24.1 Å². The molecular weight excluding hydrogens is 320 g/mol. The van der Waals surface area contributed by atoms with E-state index in [9.17, 15) is 14.4 Å². The van der Waals surface area contributed by atoms with Gasteiger partial charge in [0.1, 0.15) is 5.57 Å². The molecule has 8 heteroatoms. The second-order valence-electron chi connectivity index (χ2n) is 5.98. The average molecular weight is 342 g/mol. The van der Waals surface area contributed by atoms with Crippen LogP contribution < -0.4 is 0 Å². The average Bonchev–Trinajstić information content (AvgIpc) is 2.32. The number of hydrogen-bond acceptors (Lipinski definition) is 8. The number of aliphatic hydroxyl groups excluding tert-OH is 1. The first-order valence-corrected chi connectivity index (χ1v) is 7.33. The number of ether oxygens (including phenoxy) is 4. The molecule has 0 aromatic heterocycles. The van der Waals surface area contributed by atoms with E-state index < -0.39 is 35.8 Å². The molecule has 0 saturated carbocycles. The smallest absolute Gasteiger partial charge is 0.348 e. The van der Waals surface area contributed by atoms with Crippen molar-refractivity contribution in [3.8, 4) is 0 Å². The zero-order valence-corrected chi connectivity index (χ0v) is 14.3. The molecule has 24 heavy (non-hydrogen) atoms. The van der Waals surface area contributed by atoms with E-state index in [0.717, 1.165) is 0 Å². The number of esters is 3. The van der Waals surface area contributed by atoms with Crippen molar-refractivity contribution >= 4 is 17.9 Å². The Hall–Kier alpha value is -2.19. The van der Waals surface area contributed by atoms with Crippen LogP contribution in [0.2, 0.25) is 0 Å². The minimum atomic E-state index is -1.30. The first-order valence-electron chi connectivity index (χ1n) is 7.33. The number of carbonyl (C=O) groups is 3. The third-order valence-electron chi connectivity index (χ3n) is 2.61. The van der Waals surface area contributed by atoms with Gasteiger partial charge in [-0.25, -0.2) is 9.59 Å². The molecule has 134 valence electrons. The Morgan fingerprint density at radius 1 is 1.29 bits per heavy atom. The van der Waals surface area contributed by atoms with Crippen molar-refractivity contribution in [1.29, 1.82) is 0 Å². The minimum absolute atomic E-state index is 0.119. The van der Waals surface area contributed by atoms with Crippen LogP contribution in [-0.2, 0) is 33.3 Å². The molecule has 0 radical (unpaired) electrons. The van der Waals surface area contributed by atoms with Gasteiger partial charge < -0.3 is 24.1 Å². The molecule has 0 aromatic rings. The maximum Gasteiger partial charge on any atom is 0.348 e. The molecule has 0 spiro atoms. The molecule has 8 nitrogen and oxygen atoms in total. The molecule has 0 amide bonds. The number of hydrogen-bond donors (Lipinski definition) is 1. The van der Waals surface area contributed by atoms with Gasteiger partial charge in [-0.15, -0.1) is 0 Å². The van der Waals surface area contributed by atoms with Crippen molar-refractivity contribution in [1.82, 2.24) is 0 Å². The number of rotatable bonds is 6. The summed E-state index contributed by atoms with van der Waals surface area (Å²) in [5.74, 6) is -4.77. The van der Waals surface area contributed by atoms with E-state index in [2.05, 4.69) is 0 Å². The molecule has 1 aliphatic rings. The SMILES string of the molecule is CC(O)OC(C)(C)OC(=O)C/C=C/C=C1C(=O)OC(C)(C)OC1=O. The minimum Gasteiger partial charge on any atom is -0.433 e. The highest BCUT2D eigenvalue weighted by molar-refractivity contribution is 6.15. The van der Waals surface area contributed by atoms with Crippen molar-refractivity contribution in [2.75, 3.05) is 0 Å². The van der Waals surface area contributed by atoms with Gasteiger partial charge in [-0.2, -0.15) is 0 Å². The Morgan fingerprint density at radius 2 is 1.83 bits per heavy atom. The first-order chi connectivity index (χ1) is 10.9. The highest BCUT2D eigenvalue weighted by Gasteiger charge is 2.38. The van der Waals surface area contributed by atoms with Crippen molar-refractivity contribution in [2.24, 2.45) is 0 Å². The Bertz CT molecular complexity index is 547. The fourth-order valence-corrected chi connectivity index (χ4v) is 1.88. The quantitative estimate of drug-likeness (QED) is 0.333. The van der Waals surface area contributed by atoms with Gasteiger partial charge in [-0.05, 0) is 13.0 Å². The van der Waals surface area contributed by atoms with Crippen molar-refractivity contribution in [3.05, 3.63) is 23.8 Å². The number of allylic oxidation sites excluding steroid dienone is 2. The fourth-order valence-electron chi connectivity index (χ4n) is 1.88. The summed E-state index contributed by atoms with van der Waals surface area (Å²) in [6.45, 7) is 7.26. The van der Waals surface area contributed by atoms with Gasteiger partial charge in [0.25, 0.3) is 5.79 Å². The largest absolute Gasteiger partial charge is 0.433 e. The second-order valence-corrected chi connectivity index (χ2v) is 5.98. The molecule has 1 N–H and O–H groups in total. The van der Waals surface area contributed by atoms with E-state index in [1.54, 1.807) is 0 Å². The molecule has 1 unspecified atom stereocenters. The molecule has 1 atom stereocenters. The van der Waals surface area contributed by atoms with Crippen LogP contribution in [0.25, 0.3) is 0 Å². The van der Waals surface area contributed by atoms with E-state index in [1.807, 2.05) is 0 Å². The highest BCUT2D eigenvalue weighted by Crippen LogP contribution is 2.22. The van der Waals surface area contributed by atoms with Crippen LogP contribution in [0.1, 0.15) is 41.0 Å². The van der Waals surface area contributed by atoms with Gasteiger partial charge in [0, 0.05) is 27.7 Å². The number of cyclic esters (lactones) is 2. The zero-order valence-electron chi connectivity index (χ0n) is 14.3. The zero-order chi connectivity index (χ0) is 18.5. The summed E-state index contributed by atoms with van der Waals surface area (Å²) >= 11 is 0. The molecule has 1 aliphatic heterocycles. The fraction of sp³-hybridized carbons (Fsp3) is 0.562. The third kappa shape index (κ3) is 6.51. The Morgan fingerprint density at radius 3 is 2.33 bits per heavy atom. The van der Waals surface area contributed by atoms with E-state index in [0.29, 0.717) is 0 Å². The van der Waals surface area contributed by atoms with E-state index in [1.165, 1.54) is 52.8 Å². The topological polar surface area (TPSA) is 108 Å². The van der Waals surface area contributed by atoms with Gasteiger partial charge >= 0.3 is 17.9 Å². The highest BCUT2D eigenvalue weighted by atomic mass is 16.8. The summed E-state index contributed by atoms with van der Waals surface area (Å²) < 4.78 is 19.9.